The van der Waals surface area contributed by atoms with Crippen LogP contribution in [0.4, 0.5) is 4.39 Å². The Kier molecular flexibility index (Phi) is 5.37. The number of rotatable bonds is 2. The molecule has 0 amide bonds. The molecule has 0 spiro atoms. The van der Waals surface area contributed by atoms with Gasteiger partial charge in [-0.15, -0.1) is 12.4 Å². The van der Waals surface area contributed by atoms with Gasteiger partial charge >= 0.3 is 0 Å². The molecule has 1 aliphatic rings. The van der Waals surface area contributed by atoms with E-state index in [1.54, 1.807) is 0 Å². The fourth-order valence-corrected chi connectivity index (χ4v) is 2.25. The van der Waals surface area contributed by atoms with E-state index in [0.717, 1.165) is 25.9 Å². The van der Waals surface area contributed by atoms with Crippen molar-refractivity contribution in [3.8, 4) is 0 Å². The van der Waals surface area contributed by atoms with Crippen molar-refractivity contribution < 1.29 is 9.18 Å². The molecule has 1 heterocycles. The van der Waals surface area contributed by atoms with Crippen molar-refractivity contribution in [1.82, 2.24) is 5.32 Å². The number of carbonyl (C=O) groups excluding carboxylic acids is 1. The molecule has 0 radical (unpaired) electrons. The molecular formula is C12H14Cl2FNO. The predicted molar refractivity (Wildman–Crippen MR) is 68.6 cm³/mol. The highest BCUT2D eigenvalue weighted by atomic mass is 35.5. The molecule has 1 fully saturated rings. The quantitative estimate of drug-likeness (QED) is 0.842. The van der Waals surface area contributed by atoms with Gasteiger partial charge < -0.3 is 5.32 Å². The summed E-state index contributed by atoms with van der Waals surface area (Å²) in [7, 11) is 0. The van der Waals surface area contributed by atoms with Crippen LogP contribution >= 0.6 is 24.0 Å². The molecule has 1 N–H and O–H groups in total. The smallest absolute Gasteiger partial charge is 0.167 e. The third kappa shape index (κ3) is 3.41. The number of carbonyl (C=O) groups is 1. The molecule has 1 aromatic carbocycles. The molecule has 0 aliphatic carbocycles. The van der Waals surface area contributed by atoms with E-state index < -0.39 is 5.82 Å². The summed E-state index contributed by atoms with van der Waals surface area (Å²) in [4.78, 5) is 12.1. The highest BCUT2D eigenvalue weighted by molar-refractivity contribution is 6.34. The molecule has 1 saturated heterocycles. The van der Waals surface area contributed by atoms with E-state index in [1.165, 1.54) is 18.2 Å². The van der Waals surface area contributed by atoms with Gasteiger partial charge in [0.15, 0.2) is 5.78 Å². The van der Waals surface area contributed by atoms with Crippen LogP contribution in [0.3, 0.4) is 0 Å². The van der Waals surface area contributed by atoms with Crippen LogP contribution in [0.2, 0.25) is 5.02 Å². The van der Waals surface area contributed by atoms with Gasteiger partial charge in [0.05, 0.1) is 5.02 Å². The van der Waals surface area contributed by atoms with E-state index in [-0.39, 0.29) is 29.1 Å². The summed E-state index contributed by atoms with van der Waals surface area (Å²) in [6.45, 7) is 1.71. The highest BCUT2D eigenvalue weighted by Gasteiger charge is 2.23. The summed E-state index contributed by atoms with van der Waals surface area (Å²) in [5.41, 5.74) is 0.440. The fourth-order valence-electron chi connectivity index (χ4n) is 1.99. The number of Topliss-reactive ketones (excluding diaryl/α,β-unsaturated/α-hetero) is 1. The second kappa shape index (κ2) is 6.34. The van der Waals surface area contributed by atoms with Crippen LogP contribution in [0.5, 0.6) is 0 Å². The molecule has 17 heavy (non-hydrogen) atoms. The first-order valence-electron chi connectivity index (χ1n) is 5.38. The van der Waals surface area contributed by atoms with Crippen molar-refractivity contribution in [2.24, 2.45) is 5.92 Å². The summed E-state index contributed by atoms with van der Waals surface area (Å²) in [6, 6.07) is 3.94. The van der Waals surface area contributed by atoms with Crippen molar-refractivity contribution in [2.75, 3.05) is 13.1 Å². The SMILES string of the molecule is Cl.O=C(c1ccc(F)cc1Cl)C1CCNCC1. The second-order valence-corrected chi connectivity index (χ2v) is 4.42. The van der Waals surface area contributed by atoms with E-state index in [9.17, 15) is 9.18 Å². The monoisotopic (exact) mass is 277 g/mol. The average molecular weight is 278 g/mol. The first kappa shape index (κ1) is 14.4. The Labute approximate surface area is 111 Å². The van der Waals surface area contributed by atoms with Gasteiger partial charge in [0.2, 0.25) is 0 Å². The normalized spacial score (nSPS) is 16.4. The summed E-state index contributed by atoms with van der Waals surface area (Å²) in [5.74, 6) is -0.359. The maximum Gasteiger partial charge on any atom is 0.167 e. The lowest BCUT2D eigenvalue weighted by Crippen LogP contribution is -2.32. The number of hydrogen-bond donors (Lipinski definition) is 1. The largest absolute Gasteiger partial charge is 0.317 e. The zero-order valence-corrected chi connectivity index (χ0v) is 10.8. The van der Waals surface area contributed by atoms with Crippen LogP contribution in [-0.2, 0) is 0 Å². The molecule has 94 valence electrons. The molecule has 0 bridgehead atoms. The van der Waals surface area contributed by atoms with Gasteiger partial charge in [-0.05, 0) is 44.1 Å². The molecular weight excluding hydrogens is 264 g/mol. The van der Waals surface area contributed by atoms with Crippen molar-refractivity contribution >= 4 is 29.8 Å². The summed E-state index contributed by atoms with van der Waals surface area (Å²) in [6.07, 6.45) is 1.65. The Morgan fingerprint density at radius 3 is 2.59 bits per heavy atom. The van der Waals surface area contributed by atoms with Gasteiger partial charge in [0.25, 0.3) is 0 Å². The van der Waals surface area contributed by atoms with Crippen LogP contribution in [0.25, 0.3) is 0 Å². The number of benzene rings is 1. The van der Waals surface area contributed by atoms with Gasteiger partial charge in [-0.3, -0.25) is 4.79 Å². The minimum Gasteiger partial charge on any atom is -0.317 e. The fraction of sp³-hybridized carbons (Fsp3) is 0.417. The molecule has 2 nitrogen and oxygen atoms in total. The highest BCUT2D eigenvalue weighted by Crippen LogP contribution is 2.24. The van der Waals surface area contributed by atoms with Gasteiger partial charge in [-0.2, -0.15) is 0 Å². The minimum atomic E-state index is -0.410. The van der Waals surface area contributed by atoms with Crippen molar-refractivity contribution in [3.63, 3.8) is 0 Å². The van der Waals surface area contributed by atoms with E-state index in [4.69, 9.17) is 11.6 Å². The number of nitrogens with one attached hydrogen (secondary N) is 1. The van der Waals surface area contributed by atoms with E-state index >= 15 is 0 Å². The van der Waals surface area contributed by atoms with Crippen LogP contribution in [0.1, 0.15) is 23.2 Å². The number of hydrogen-bond acceptors (Lipinski definition) is 2. The minimum absolute atomic E-state index is 0. The number of ketones is 1. The van der Waals surface area contributed by atoms with E-state index in [2.05, 4.69) is 5.32 Å². The van der Waals surface area contributed by atoms with E-state index in [0.29, 0.717) is 5.56 Å². The Hall–Kier alpha value is -0.640. The lowest BCUT2D eigenvalue weighted by Gasteiger charge is -2.21. The lowest BCUT2D eigenvalue weighted by molar-refractivity contribution is 0.0895. The standard InChI is InChI=1S/C12H13ClFNO.ClH/c13-11-7-9(14)1-2-10(11)12(16)8-3-5-15-6-4-8;/h1-2,7-8,15H,3-6H2;1H. The van der Waals surface area contributed by atoms with Crippen molar-refractivity contribution in [1.29, 1.82) is 0 Å². The zero-order valence-electron chi connectivity index (χ0n) is 9.21. The van der Waals surface area contributed by atoms with Crippen molar-refractivity contribution in [3.05, 3.63) is 34.6 Å². The first-order valence-corrected chi connectivity index (χ1v) is 5.76. The molecule has 2 rings (SSSR count). The number of piperidine rings is 1. The second-order valence-electron chi connectivity index (χ2n) is 4.01. The van der Waals surface area contributed by atoms with E-state index in [1.807, 2.05) is 0 Å². The first-order chi connectivity index (χ1) is 7.68. The topological polar surface area (TPSA) is 29.1 Å². The summed E-state index contributed by atoms with van der Waals surface area (Å²) < 4.78 is 12.8. The number of halogens is 3. The third-order valence-corrected chi connectivity index (χ3v) is 3.22. The average Bonchev–Trinajstić information content (AvgIpc) is 2.29. The third-order valence-electron chi connectivity index (χ3n) is 2.91. The van der Waals surface area contributed by atoms with Gasteiger partial charge in [-0.1, -0.05) is 11.6 Å². The molecule has 0 aromatic heterocycles. The van der Waals surface area contributed by atoms with Crippen LogP contribution in [0, 0.1) is 11.7 Å². The molecule has 5 heteroatoms. The zero-order chi connectivity index (χ0) is 11.5. The van der Waals surface area contributed by atoms with Gasteiger partial charge in [-0.25, -0.2) is 4.39 Å². The maximum absolute atomic E-state index is 12.8. The summed E-state index contributed by atoms with van der Waals surface area (Å²) >= 11 is 5.87. The Morgan fingerprint density at radius 1 is 1.35 bits per heavy atom. The Morgan fingerprint density at radius 2 is 2.00 bits per heavy atom. The Balaban J connectivity index is 0.00000144. The Bertz CT molecular complexity index is 405. The van der Waals surface area contributed by atoms with Crippen LogP contribution < -0.4 is 5.32 Å². The van der Waals surface area contributed by atoms with Crippen LogP contribution in [0.15, 0.2) is 18.2 Å². The van der Waals surface area contributed by atoms with Gasteiger partial charge in [0, 0.05) is 11.5 Å². The van der Waals surface area contributed by atoms with Crippen molar-refractivity contribution in [2.45, 2.75) is 12.8 Å². The lowest BCUT2D eigenvalue weighted by atomic mass is 9.89. The van der Waals surface area contributed by atoms with Crippen LogP contribution in [-0.4, -0.2) is 18.9 Å². The maximum atomic E-state index is 12.8. The predicted octanol–water partition coefficient (Wildman–Crippen LogP) is 3.08. The molecule has 0 unspecified atom stereocenters. The molecule has 1 aromatic rings. The molecule has 1 aliphatic heterocycles. The van der Waals surface area contributed by atoms with Gasteiger partial charge in [0.1, 0.15) is 5.82 Å². The molecule has 0 saturated carbocycles. The molecule has 0 atom stereocenters. The summed E-state index contributed by atoms with van der Waals surface area (Å²) in [5, 5.41) is 3.41.